The maximum atomic E-state index is 12.0. The fraction of sp³-hybridized carbons (Fsp3) is 0.500. The van der Waals surface area contributed by atoms with Gasteiger partial charge in [-0.05, 0) is 37.3 Å². The Bertz CT molecular complexity index is 504. The Kier molecular flexibility index (Phi) is 4.05. The van der Waals surface area contributed by atoms with Gasteiger partial charge in [-0.1, -0.05) is 18.8 Å². The summed E-state index contributed by atoms with van der Waals surface area (Å²) in [6.45, 7) is 3.97. The van der Waals surface area contributed by atoms with Gasteiger partial charge in [-0.15, -0.1) is 11.3 Å². The van der Waals surface area contributed by atoms with Gasteiger partial charge in [0.15, 0.2) is 0 Å². The lowest BCUT2D eigenvalue weighted by Crippen LogP contribution is -2.43. The van der Waals surface area contributed by atoms with Crippen molar-refractivity contribution in [3.8, 4) is 11.8 Å². The molecule has 96 valence electrons. The van der Waals surface area contributed by atoms with Gasteiger partial charge >= 0.3 is 0 Å². The van der Waals surface area contributed by atoms with Crippen LogP contribution in [-0.4, -0.2) is 23.7 Å². The Hall–Kier alpha value is -1.31. The van der Waals surface area contributed by atoms with Crippen LogP contribution in [0.5, 0.6) is 0 Å². The number of aryl methyl sites for hydroxylation is 1. The molecule has 1 amide bonds. The molecule has 1 aliphatic rings. The molecule has 3 nitrogen and oxygen atoms in total. The SMILES string of the molecule is Cc1cc(C(=O)NC2CC(C)C2)sc1C#CCO. The molecule has 2 N–H and O–H groups in total. The van der Waals surface area contributed by atoms with Gasteiger partial charge in [-0.2, -0.15) is 0 Å². The van der Waals surface area contributed by atoms with Gasteiger partial charge in [-0.25, -0.2) is 0 Å². The van der Waals surface area contributed by atoms with Crippen LogP contribution in [0.2, 0.25) is 0 Å². The van der Waals surface area contributed by atoms with E-state index < -0.39 is 0 Å². The average molecular weight is 263 g/mol. The summed E-state index contributed by atoms with van der Waals surface area (Å²) >= 11 is 1.39. The van der Waals surface area contributed by atoms with Crippen LogP contribution in [0.15, 0.2) is 6.07 Å². The van der Waals surface area contributed by atoms with Gasteiger partial charge in [0.25, 0.3) is 5.91 Å². The molecule has 0 unspecified atom stereocenters. The molecule has 0 radical (unpaired) electrons. The van der Waals surface area contributed by atoms with E-state index in [0.29, 0.717) is 10.9 Å². The molecule has 0 bridgehead atoms. The molecule has 18 heavy (non-hydrogen) atoms. The van der Waals surface area contributed by atoms with Crippen molar-refractivity contribution >= 4 is 17.2 Å². The molecule has 1 aromatic rings. The average Bonchev–Trinajstić information content (AvgIpc) is 2.66. The summed E-state index contributed by atoms with van der Waals surface area (Å²) in [5, 5.41) is 11.7. The predicted octanol–water partition coefficient (Wildman–Crippen LogP) is 1.93. The smallest absolute Gasteiger partial charge is 0.261 e. The molecule has 1 heterocycles. The maximum absolute atomic E-state index is 12.0. The zero-order valence-electron chi connectivity index (χ0n) is 10.6. The molecule has 1 aliphatic carbocycles. The minimum absolute atomic E-state index is 0.00273. The highest BCUT2D eigenvalue weighted by Gasteiger charge is 2.27. The van der Waals surface area contributed by atoms with Crippen molar-refractivity contribution in [1.29, 1.82) is 0 Å². The minimum atomic E-state index is -0.154. The number of rotatable bonds is 2. The second-order valence-corrected chi connectivity index (χ2v) is 5.88. The van der Waals surface area contributed by atoms with E-state index in [0.717, 1.165) is 29.2 Å². The summed E-state index contributed by atoms with van der Waals surface area (Å²) in [7, 11) is 0. The largest absolute Gasteiger partial charge is 0.384 e. The normalized spacial score (nSPS) is 21.7. The summed E-state index contributed by atoms with van der Waals surface area (Å²) in [4.78, 5) is 13.6. The van der Waals surface area contributed by atoms with E-state index in [-0.39, 0.29) is 12.5 Å². The highest BCUT2D eigenvalue weighted by atomic mass is 32.1. The number of carbonyl (C=O) groups excluding carboxylic acids is 1. The van der Waals surface area contributed by atoms with Gasteiger partial charge in [0.05, 0.1) is 9.75 Å². The fourth-order valence-electron chi connectivity index (χ4n) is 2.11. The second-order valence-electron chi connectivity index (χ2n) is 4.83. The van der Waals surface area contributed by atoms with Crippen molar-refractivity contribution in [2.75, 3.05) is 6.61 Å². The van der Waals surface area contributed by atoms with E-state index in [1.54, 1.807) is 0 Å². The maximum Gasteiger partial charge on any atom is 0.261 e. The first-order valence-corrected chi connectivity index (χ1v) is 6.93. The molecule has 0 aliphatic heterocycles. The summed E-state index contributed by atoms with van der Waals surface area (Å²) in [6, 6.07) is 2.20. The molecule has 0 spiro atoms. The number of aliphatic hydroxyl groups excluding tert-OH is 1. The summed E-state index contributed by atoms with van der Waals surface area (Å²) in [5.41, 5.74) is 0.994. The van der Waals surface area contributed by atoms with Gasteiger partial charge in [0.2, 0.25) is 0 Å². The van der Waals surface area contributed by atoms with E-state index >= 15 is 0 Å². The molecular formula is C14H17NO2S. The lowest BCUT2D eigenvalue weighted by molar-refractivity contribution is 0.0900. The molecule has 0 atom stereocenters. The number of thiophene rings is 1. The summed E-state index contributed by atoms with van der Waals surface area (Å²) in [5.74, 6) is 6.20. The van der Waals surface area contributed by atoms with E-state index in [1.165, 1.54) is 11.3 Å². The number of amides is 1. The van der Waals surface area contributed by atoms with Crippen LogP contribution in [-0.2, 0) is 0 Å². The molecule has 1 saturated carbocycles. The zero-order valence-corrected chi connectivity index (χ0v) is 11.4. The Morgan fingerprint density at radius 2 is 2.33 bits per heavy atom. The third-order valence-electron chi connectivity index (χ3n) is 3.13. The number of hydrogen-bond donors (Lipinski definition) is 2. The Labute approximate surface area is 111 Å². The van der Waals surface area contributed by atoms with Crippen molar-refractivity contribution in [3.05, 3.63) is 21.4 Å². The van der Waals surface area contributed by atoms with Crippen molar-refractivity contribution in [3.63, 3.8) is 0 Å². The quantitative estimate of drug-likeness (QED) is 0.801. The van der Waals surface area contributed by atoms with E-state index in [9.17, 15) is 4.79 Å². The lowest BCUT2D eigenvalue weighted by Gasteiger charge is -2.33. The standard InChI is InChI=1S/C14H17NO2S/c1-9-6-11(7-9)15-14(17)13-8-10(2)12(18-13)4-3-5-16/h8-9,11,16H,5-7H2,1-2H3,(H,15,17). The third kappa shape index (κ3) is 2.92. The van der Waals surface area contributed by atoms with E-state index in [1.807, 2.05) is 13.0 Å². The highest BCUT2D eigenvalue weighted by molar-refractivity contribution is 7.14. The molecular weight excluding hydrogens is 246 g/mol. The lowest BCUT2D eigenvalue weighted by atomic mass is 9.82. The van der Waals surface area contributed by atoms with Crippen LogP contribution >= 0.6 is 11.3 Å². The number of aliphatic hydroxyl groups is 1. The first-order chi connectivity index (χ1) is 8.60. The van der Waals surface area contributed by atoms with Gasteiger partial charge < -0.3 is 10.4 Å². The Morgan fingerprint density at radius 3 is 2.94 bits per heavy atom. The van der Waals surface area contributed by atoms with Crippen LogP contribution in [0.1, 0.15) is 39.9 Å². The van der Waals surface area contributed by atoms with Gasteiger partial charge in [0.1, 0.15) is 6.61 Å². The third-order valence-corrected chi connectivity index (χ3v) is 4.28. The van der Waals surface area contributed by atoms with Crippen LogP contribution < -0.4 is 5.32 Å². The number of hydrogen-bond acceptors (Lipinski definition) is 3. The molecule has 0 aromatic carbocycles. The number of carbonyl (C=O) groups is 1. The zero-order chi connectivity index (χ0) is 13.1. The van der Waals surface area contributed by atoms with Crippen molar-refractivity contribution in [1.82, 2.24) is 5.32 Å². The van der Waals surface area contributed by atoms with E-state index in [2.05, 4.69) is 24.1 Å². The van der Waals surface area contributed by atoms with Gasteiger partial charge in [0, 0.05) is 6.04 Å². The number of nitrogens with one attached hydrogen (secondary N) is 1. The topological polar surface area (TPSA) is 49.3 Å². The Morgan fingerprint density at radius 1 is 1.61 bits per heavy atom. The van der Waals surface area contributed by atoms with Crippen molar-refractivity contribution in [2.45, 2.75) is 32.7 Å². The molecule has 2 rings (SSSR count). The molecule has 0 saturated heterocycles. The molecule has 1 aromatic heterocycles. The van der Waals surface area contributed by atoms with Crippen LogP contribution in [0.3, 0.4) is 0 Å². The molecule has 4 heteroatoms. The van der Waals surface area contributed by atoms with Crippen molar-refractivity contribution in [2.24, 2.45) is 5.92 Å². The first-order valence-electron chi connectivity index (χ1n) is 6.11. The summed E-state index contributed by atoms with van der Waals surface area (Å²) < 4.78 is 0. The van der Waals surface area contributed by atoms with E-state index in [4.69, 9.17) is 5.11 Å². The predicted molar refractivity (Wildman–Crippen MR) is 72.7 cm³/mol. The van der Waals surface area contributed by atoms with Crippen LogP contribution in [0.25, 0.3) is 0 Å². The first kappa shape index (κ1) is 13.1. The van der Waals surface area contributed by atoms with Crippen molar-refractivity contribution < 1.29 is 9.90 Å². The Balaban J connectivity index is 2.02. The highest BCUT2D eigenvalue weighted by Crippen LogP contribution is 2.27. The monoisotopic (exact) mass is 263 g/mol. The minimum Gasteiger partial charge on any atom is -0.384 e. The summed E-state index contributed by atoms with van der Waals surface area (Å²) in [6.07, 6.45) is 2.15. The van der Waals surface area contributed by atoms with Gasteiger partial charge in [-0.3, -0.25) is 4.79 Å². The second kappa shape index (κ2) is 5.55. The molecule has 1 fully saturated rings. The fourth-order valence-corrected chi connectivity index (χ4v) is 3.07. The van der Waals surface area contributed by atoms with Crippen LogP contribution in [0, 0.1) is 24.7 Å². The van der Waals surface area contributed by atoms with Crippen LogP contribution in [0.4, 0.5) is 0 Å².